The number of thiazole rings is 1. The van der Waals surface area contributed by atoms with Gasteiger partial charge in [-0.2, -0.15) is 0 Å². The van der Waals surface area contributed by atoms with Crippen LogP contribution in [0.3, 0.4) is 0 Å². The number of pyridine rings is 1. The lowest BCUT2D eigenvalue weighted by atomic mass is 10.1. The van der Waals surface area contributed by atoms with Gasteiger partial charge in [0.25, 0.3) is 0 Å². The van der Waals surface area contributed by atoms with Crippen LogP contribution < -0.4 is 5.32 Å². The van der Waals surface area contributed by atoms with Crippen LogP contribution in [0.25, 0.3) is 0 Å². The van der Waals surface area contributed by atoms with Crippen LogP contribution >= 0.6 is 11.3 Å². The summed E-state index contributed by atoms with van der Waals surface area (Å²) in [4.78, 5) is 10.4. The van der Waals surface area contributed by atoms with Crippen molar-refractivity contribution >= 4 is 11.3 Å². The van der Waals surface area contributed by atoms with Crippen molar-refractivity contribution in [2.75, 3.05) is 6.54 Å². The molecule has 0 fully saturated rings. The van der Waals surface area contributed by atoms with E-state index in [2.05, 4.69) is 42.1 Å². The largest absolute Gasteiger partial charge is 0.308 e. The molecule has 1 atom stereocenters. The molecule has 2 aromatic rings. The number of rotatable bonds is 6. The standard InChI is InChI=1S/C15H21N3S/c1-4-8-16-14(13-7-5-6-9-17-13)10-15-18-11(2)12(3)19-15/h5-7,9,14,16H,4,8,10H2,1-3H3. The quantitative estimate of drug-likeness (QED) is 0.877. The van der Waals surface area contributed by atoms with E-state index in [-0.39, 0.29) is 6.04 Å². The second-order valence-electron chi connectivity index (χ2n) is 4.71. The summed E-state index contributed by atoms with van der Waals surface area (Å²) in [5, 5.41) is 4.76. The zero-order chi connectivity index (χ0) is 13.7. The van der Waals surface area contributed by atoms with Crippen LogP contribution in [0.5, 0.6) is 0 Å². The molecule has 0 aliphatic heterocycles. The molecule has 0 radical (unpaired) electrons. The summed E-state index contributed by atoms with van der Waals surface area (Å²) in [6.07, 6.45) is 3.89. The molecule has 0 aliphatic carbocycles. The molecule has 3 nitrogen and oxygen atoms in total. The van der Waals surface area contributed by atoms with Crippen molar-refractivity contribution < 1.29 is 0 Å². The highest BCUT2D eigenvalue weighted by Crippen LogP contribution is 2.22. The lowest BCUT2D eigenvalue weighted by Crippen LogP contribution is -2.24. The summed E-state index contributed by atoms with van der Waals surface area (Å²) in [6.45, 7) is 7.39. The van der Waals surface area contributed by atoms with Crippen molar-refractivity contribution in [1.82, 2.24) is 15.3 Å². The van der Waals surface area contributed by atoms with E-state index in [9.17, 15) is 0 Å². The molecule has 0 amide bonds. The molecule has 2 aromatic heterocycles. The smallest absolute Gasteiger partial charge is 0.0950 e. The fourth-order valence-corrected chi connectivity index (χ4v) is 2.96. The molecule has 0 aliphatic rings. The van der Waals surface area contributed by atoms with E-state index in [0.29, 0.717) is 0 Å². The predicted molar refractivity (Wildman–Crippen MR) is 80.6 cm³/mol. The predicted octanol–water partition coefficient (Wildman–Crippen LogP) is 3.44. The van der Waals surface area contributed by atoms with E-state index in [4.69, 9.17) is 0 Å². The molecule has 2 rings (SSSR count). The summed E-state index contributed by atoms with van der Waals surface area (Å²) in [6, 6.07) is 6.34. The molecule has 4 heteroatoms. The second kappa shape index (κ2) is 6.78. The Hall–Kier alpha value is -1.26. The number of nitrogens with zero attached hydrogens (tertiary/aromatic N) is 2. The molecule has 102 valence electrons. The molecule has 0 saturated carbocycles. The van der Waals surface area contributed by atoms with Crippen molar-refractivity contribution in [3.8, 4) is 0 Å². The Kier molecular flexibility index (Phi) is 5.05. The van der Waals surface area contributed by atoms with Gasteiger partial charge >= 0.3 is 0 Å². The molecule has 0 saturated heterocycles. The zero-order valence-corrected chi connectivity index (χ0v) is 12.6. The minimum atomic E-state index is 0.256. The van der Waals surface area contributed by atoms with Crippen molar-refractivity contribution in [1.29, 1.82) is 0 Å². The van der Waals surface area contributed by atoms with Crippen LogP contribution in [-0.2, 0) is 6.42 Å². The number of nitrogens with one attached hydrogen (secondary N) is 1. The van der Waals surface area contributed by atoms with Gasteiger partial charge in [0.05, 0.1) is 22.4 Å². The van der Waals surface area contributed by atoms with Crippen molar-refractivity contribution in [2.24, 2.45) is 0 Å². The average Bonchev–Trinajstić information content (AvgIpc) is 2.74. The molecule has 2 heterocycles. The molecule has 19 heavy (non-hydrogen) atoms. The first kappa shape index (κ1) is 14.2. The maximum absolute atomic E-state index is 4.63. The first-order valence-corrected chi connectivity index (χ1v) is 7.59. The SMILES string of the molecule is CCCNC(Cc1nc(C)c(C)s1)c1ccccn1. The number of aryl methyl sites for hydroxylation is 2. The fraction of sp³-hybridized carbons (Fsp3) is 0.467. The van der Waals surface area contributed by atoms with Crippen molar-refractivity contribution in [3.63, 3.8) is 0 Å². The topological polar surface area (TPSA) is 37.8 Å². The maximum Gasteiger partial charge on any atom is 0.0950 e. The summed E-state index contributed by atoms with van der Waals surface area (Å²) >= 11 is 1.79. The van der Waals surface area contributed by atoms with Crippen LogP contribution in [0, 0.1) is 13.8 Å². The summed E-state index contributed by atoms with van der Waals surface area (Å²) in [7, 11) is 0. The van der Waals surface area contributed by atoms with Gasteiger partial charge in [-0.25, -0.2) is 4.98 Å². The van der Waals surface area contributed by atoms with E-state index in [1.165, 1.54) is 9.88 Å². The number of hydrogen-bond donors (Lipinski definition) is 1. The molecule has 0 spiro atoms. The molecular formula is C15H21N3S. The highest BCUT2D eigenvalue weighted by atomic mass is 32.1. The first-order valence-electron chi connectivity index (χ1n) is 6.78. The Bertz CT molecular complexity index is 488. The Morgan fingerprint density at radius 2 is 2.16 bits per heavy atom. The highest BCUT2D eigenvalue weighted by molar-refractivity contribution is 7.11. The van der Waals surface area contributed by atoms with Gasteiger partial charge < -0.3 is 5.32 Å². The highest BCUT2D eigenvalue weighted by Gasteiger charge is 2.15. The van der Waals surface area contributed by atoms with Gasteiger partial charge in [0, 0.05) is 17.5 Å². The lowest BCUT2D eigenvalue weighted by Gasteiger charge is -2.16. The fourth-order valence-electron chi connectivity index (χ4n) is 1.98. The lowest BCUT2D eigenvalue weighted by molar-refractivity contribution is 0.517. The Morgan fingerprint density at radius 3 is 2.74 bits per heavy atom. The minimum Gasteiger partial charge on any atom is -0.308 e. The van der Waals surface area contributed by atoms with Gasteiger partial charge in [0.15, 0.2) is 0 Å². The third-order valence-corrected chi connectivity index (χ3v) is 4.23. The Labute approximate surface area is 119 Å². The van der Waals surface area contributed by atoms with Gasteiger partial charge in [0.2, 0.25) is 0 Å². The molecule has 1 N–H and O–H groups in total. The van der Waals surface area contributed by atoms with Gasteiger partial charge in [0.1, 0.15) is 0 Å². The normalized spacial score (nSPS) is 12.6. The molecule has 0 bridgehead atoms. The molecule has 1 unspecified atom stereocenters. The number of aromatic nitrogens is 2. The van der Waals surface area contributed by atoms with Crippen LogP contribution in [0.15, 0.2) is 24.4 Å². The van der Waals surface area contributed by atoms with Crippen LogP contribution in [-0.4, -0.2) is 16.5 Å². The molecule has 0 aromatic carbocycles. The van der Waals surface area contributed by atoms with Gasteiger partial charge in [-0.05, 0) is 38.9 Å². The Balaban J connectivity index is 2.14. The van der Waals surface area contributed by atoms with Gasteiger partial charge in [-0.15, -0.1) is 11.3 Å². The maximum atomic E-state index is 4.63. The van der Waals surface area contributed by atoms with Crippen molar-refractivity contribution in [2.45, 2.75) is 39.7 Å². The third kappa shape index (κ3) is 3.85. The minimum absolute atomic E-state index is 0.256. The monoisotopic (exact) mass is 275 g/mol. The summed E-state index contributed by atoms with van der Waals surface area (Å²) < 4.78 is 0. The Morgan fingerprint density at radius 1 is 1.32 bits per heavy atom. The third-order valence-electron chi connectivity index (χ3n) is 3.14. The van der Waals surface area contributed by atoms with E-state index in [0.717, 1.165) is 30.8 Å². The van der Waals surface area contributed by atoms with Gasteiger partial charge in [-0.1, -0.05) is 13.0 Å². The number of hydrogen-bond acceptors (Lipinski definition) is 4. The first-order chi connectivity index (χ1) is 9.20. The second-order valence-corrected chi connectivity index (χ2v) is 6.00. The summed E-state index contributed by atoms with van der Waals surface area (Å²) in [5.41, 5.74) is 2.25. The van der Waals surface area contributed by atoms with Crippen LogP contribution in [0.4, 0.5) is 0 Å². The van der Waals surface area contributed by atoms with E-state index in [1.807, 2.05) is 18.3 Å². The zero-order valence-electron chi connectivity index (χ0n) is 11.8. The van der Waals surface area contributed by atoms with E-state index < -0.39 is 0 Å². The van der Waals surface area contributed by atoms with E-state index in [1.54, 1.807) is 11.3 Å². The summed E-state index contributed by atoms with van der Waals surface area (Å²) in [5.74, 6) is 0. The van der Waals surface area contributed by atoms with E-state index >= 15 is 0 Å². The van der Waals surface area contributed by atoms with Crippen molar-refractivity contribution in [3.05, 3.63) is 45.7 Å². The van der Waals surface area contributed by atoms with Crippen LogP contribution in [0.2, 0.25) is 0 Å². The molecular weight excluding hydrogens is 254 g/mol. The van der Waals surface area contributed by atoms with Crippen LogP contribution in [0.1, 0.15) is 40.7 Å². The van der Waals surface area contributed by atoms with Gasteiger partial charge in [-0.3, -0.25) is 4.98 Å². The average molecular weight is 275 g/mol.